The smallest absolute Gasteiger partial charge is 0.234 e. The second-order valence-electron chi connectivity index (χ2n) is 5.54. The molecule has 0 aliphatic heterocycles. The van der Waals surface area contributed by atoms with E-state index >= 15 is 0 Å². The molecule has 2 heterocycles. The molecule has 1 N–H and O–H groups in total. The van der Waals surface area contributed by atoms with Gasteiger partial charge in [-0.25, -0.2) is 4.98 Å². The summed E-state index contributed by atoms with van der Waals surface area (Å²) in [6.07, 6.45) is 5.31. The van der Waals surface area contributed by atoms with E-state index in [4.69, 9.17) is 0 Å². The Bertz CT molecular complexity index is 599. The molecule has 4 nitrogen and oxygen atoms in total. The molecule has 0 saturated heterocycles. The molecule has 0 bridgehead atoms. The highest BCUT2D eigenvalue weighted by Crippen LogP contribution is 2.27. The normalized spacial score (nSPS) is 12.2. The molecular formula is C17H21N3OS. The van der Waals surface area contributed by atoms with Crippen LogP contribution in [0.15, 0.2) is 47.9 Å². The summed E-state index contributed by atoms with van der Waals surface area (Å²) in [5.41, 5.74) is 2.11. The number of amides is 1. The van der Waals surface area contributed by atoms with Crippen LogP contribution in [0.5, 0.6) is 0 Å². The summed E-state index contributed by atoms with van der Waals surface area (Å²) >= 11 is 1.51. The number of pyridine rings is 2. The maximum Gasteiger partial charge on any atom is 0.234 e. The Balaban J connectivity index is 1.97. The maximum atomic E-state index is 12.4. The number of carbonyl (C=O) groups excluding carboxylic acids is 1. The van der Waals surface area contributed by atoms with Gasteiger partial charge in [-0.15, -0.1) is 0 Å². The monoisotopic (exact) mass is 315 g/mol. The zero-order valence-electron chi connectivity index (χ0n) is 13.1. The average Bonchev–Trinajstić information content (AvgIpc) is 2.52. The lowest BCUT2D eigenvalue weighted by molar-refractivity contribution is -0.121. The van der Waals surface area contributed by atoms with E-state index in [1.54, 1.807) is 12.4 Å². The van der Waals surface area contributed by atoms with Crippen molar-refractivity contribution in [1.82, 2.24) is 15.3 Å². The summed E-state index contributed by atoms with van der Waals surface area (Å²) < 4.78 is 0. The third-order valence-electron chi connectivity index (χ3n) is 3.19. The summed E-state index contributed by atoms with van der Waals surface area (Å²) in [6.45, 7) is 6.60. The summed E-state index contributed by atoms with van der Waals surface area (Å²) in [5.74, 6) is 0.258. The molecule has 0 unspecified atom stereocenters. The van der Waals surface area contributed by atoms with E-state index in [0.29, 0.717) is 6.54 Å². The van der Waals surface area contributed by atoms with Crippen molar-refractivity contribution in [2.45, 2.75) is 37.6 Å². The van der Waals surface area contributed by atoms with Gasteiger partial charge in [-0.05, 0) is 36.1 Å². The molecular weight excluding hydrogens is 294 g/mol. The molecule has 0 aromatic carbocycles. The molecule has 116 valence electrons. The number of rotatable bonds is 6. The third-order valence-corrected chi connectivity index (χ3v) is 4.68. The quantitative estimate of drug-likeness (QED) is 0.832. The molecule has 0 fully saturated rings. The van der Waals surface area contributed by atoms with Crippen LogP contribution in [0, 0.1) is 12.8 Å². The Morgan fingerprint density at radius 3 is 2.68 bits per heavy atom. The Morgan fingerprint density at radius 2 is 2.09 bits per heavy atom. The van der Waals surface area contributed by atoms with Crippen LogP contribution in [0.3, 0.4) is 0 Å². The second kappa shape index (κ2) is 7.94. The lowest BCUT2D eigenvalue weighted by atomic mass is 10.1. The van der Waals surface area contributed by atoms with Crippen molar-refractivity contribution in [3.8, 4) is 0 Å². The second-order valence-corrected chi connectivity index (χ2v) is 6.70. The van der Waals surface area contributed by atoms with Crippen molar-refractivity contribution < 1.29 is 4.79 Å². The van der Waals surface area contributed by atoms with Crippen LogP contribution in [0.2, 0.25) is 0 Å². The van der Waals surface area contributed by atoms with E-state index in [2.05, 4.69) is 29.1 Å². The van der Waals surface area contributed by atoms with Gasteiger partial charge in [0.15, 0.2) is 0 Å². The van der Waals surface area contributed by atoms with E-state index in [1.807, 2.05) is 37.4 Å². The number of hydrogen-bond donors (Lipinski definition) is 1. The van der Waals surface area contributed by atoms with Crippen molar-refractivity contribution in [1.29, 1.82) is 0 Å². The number of hydrogen-bond acceptors (Lipinski definition) is 4. The molecule has 22 heavy (non-hydrogen) atoms. The van der Waals surface area contributed by atoms with Crippen LogP contribution in [-0.2, 0) is 11.3 Å². The average molecular weight is 315 g/mol. The van der Waals surface area contributed by atoms with Crippen LogP contribution in [0.25, 0.3) is 0 Å². The predicted molar refractivity (Wildman–Crippen MR) is 89.5 cm³/mol. The van der Waals surface area contributed by atoms with Crippen LogP contribution in [0.1, 0.15) is 25.0 Å². The van der Waals surface area contributed by atoms with Gasteiger partial charge in [-0.1, -0.05) is 37.7 Å². The number of thioether (sulfide) groups is 1. The number of nitrogens with zero attached hydrogens (tertiary/aromatic N) is 2. The summed E-state index contributed by atoms with van der Waals surface area (Å²) in [6, 6.07) is 7.79. The number of aromatic nitrogens is 2. The molecule has 0 radical (unpaired) electrons. The molecule has 0 aliphatic carbocycles. The molecule has 0 spiro atoms. The Kier molecular flexibility index (Phi) is 5.95. The maximum absolute atomic E-state index is 12.4. The van der Waals surface area contributed by atoms with Gasteiger partial charge in [-0.2, -0.15) is 0 Å². The van der Waals surface area contributed by atoms with Crippen LogP contribution in [0.4, 0.5) is 0 Å². The predicted octanol–water partition coefficient (Wildman–Crippen LogP) is 3.22. The lowest BCUT2D eigenvalue weighted by Crippen LogP contribution is -2.35. The number of aryl methyl sites for hydroxylation is 1. The summed E-state index contributed by atoms with van der Waals surface area (Å²) in [5, 5.41) is 3.70. The SMILES string of the molecule is Cc1ccc(S[C@H](C(=O)NCc2cccnc2)C(C)C)nc1. The van der Waals surface area contributed by atoms with Gasteiger partial charge in [0.25, 0.3) is 0 Å². The zero-order chi connectivity index (χ0) is 15.9. The highest BCUT2D eigenvalue weighted by atomic mass is 32.2. The zero-order valence-corrected chi connectivity index (χ0v) is 13.9. The van der Waals surface area contributed by atoms with Gasteiger partial charge in [-0.3, -0.25) is 9.78 Å². The van der Waals surface area contributed by atoms with Gasteiger partial charge < -0.3 is 5.32 Å². The van der Waals surface area contributed by atoms with Crippen LogP contribution in [-0.4, -0.2) is 21.1 Å². The highest BCUT2D eigenvalue weighted by molar-refractivity contribution is 8.00. The van der Waals surface area contributed by atoms with Crippen molar-refractivity contribution >= 4 is 17.7 Å². The molecule has 2 rings (SSSR count). The minimum atomic E-state index is -0.160. The first kappa shape index (κ1) is 16.5. The van der Waals surface area contributed by atoms with Crippen molar-refractivity contribution in [3.05, 3.63) is 54.0 Å². The van der Waals surface area contributed by atoms with Crippen molar-refractivity contribution in [2.75, 3.05) is 0 Å². The number of nitrogens with one attached hydrogen (secondary N) is 1. The minimum Gasteiger partial charge on any atom is -0.351 e. The van der Waals surface area contributed by atoms with Crippen molar-refractivity contribution in [2.24, 2.45) is 5.92 Å². The van der Waals surface area contributed by atoms with E-state index < -0.39 is 0 Å². The highest BCUT2D eigenvalue weighted by Gasteiger charge is 2.23. The first-order chi connectivity index (χ1) is 10.6. The van der Waals surface area contributed by atoms with Gasteiger partial charge in [0, 0.05) is 25.1 Å². The van der Waals surface area contributed by atoms with Gasteiger partial charge in [0.05, 0.1) is 10.3 Å². The fourth-order valence-corrected chi connectivity index (χ4v) is 2.92. The fraction of sp³-hybridized carbons (Fsp3) is 0.353. The first-order valence-electron chi connectivity index (χ1n) is 7.32. The fourth-order valence-electron chi connectivity index (χ4n) is 1.94. The Morgan fingerprint density at radius 1 is 1.27 bits per heavy atom. The molecule has 0 aliphatic rings. The van der Waals surface area contributed by atoms with Gasteiger partial charge >= 0.3 is 0 Å². The van der Waals surface area contributed by atoms with Crippen molar-refractivity contribution in [3.63, 3.8) is 0 Å². The Labute approximate surface area is 135 Å². The van der Waals surface area contributed by atoms with Crippen LogP contribution < -0.4 is 5.32 Å². The number of carbonyl (C=O) groups is 1. The van der Waals surface area contributed by atoms with E-state index in [0.717, 1.165) is 16.2 Å². The van der Waals surface area contributed by atoms with E-state index in [-0.39, 0.29) is 17.1 Å². The first-order valence-corrected chi connectivity index (χ1v) is 8.20. The molecule has 1 amide bonds. The minimum absolute atomic E-state index is 0.0335. The topological polar surface area (TPSA) is 54.9 Å². The van der Waals surface area contributed by atoms with Gasteiger partial charge in [0.1, 0.15) is 0 Å². The Hall–Kier alpha value is -1.88. The third kappa shape index (κ3) is 4.84. The summed E-state index contributed by atoms with van der Waals surface area (Å²) in [4.78, 5) is 20.9. The van der Waals surface area contributed by atoms with E-state index in [9.17, 15) is 4.79 Å². The van der Waals surface area contributed by atoms with E-state index in [1.165, 1.54) is 11.8 Å². The molecule has 0 saturated carbocycles. The largest absolute Gasteiger partial charge is 0.351 e. The van der Waals surface area contributed by atoms with Gasteiger partial charge in [0.2, 0.25) is 5.91 Å². The summed E-state index contributed by atoms with van der Waals surface area (Å²) in [7, 11) is 0. The molecule has 2 aromatic rings. The molecule has 2 aromatic heterocycles. The molecule has 5 heteroatoms. The lowest BCUT2D eigenvalue weighted by Gasteiger charge is -2.19. The van der Waals surface area contributed by atoms with Crippen LogP contribution >= 0.6 is 11.8 Å². The standard InChI is InChI=1S/C17H21N3OS/c1-12(2)16(22-15-7-6-13(3)9-19-15)17(21)20-11-14-5-4-8-18-10-14/h4-10,12,16H,11H2,1-3H3,(H,20,21)/t16-/m0/s1. The molecule has 1 atom stereocenters.